The Morgan fingerprint density at radius 1 is 1.21 bits per heavy atom. The van der Waals surface area contributed by atoms with E-state index in [-0.39, 0.29) is 5.91 Å². The van der Waals surface area contributed by atoms with Crippen LogP contribution in [0.15, 0.2) is 10.6 Å². The topological polar surface area (TPSA) is 52.8 Å². The van der Waals surface area contributed by atoms with Crippen LogP contribution in [0, 0.1) is 0 Å². The Kier molecular flexibility index (Phi) is 5.89. The predicted molar refractivity (Wildman–Crippen MR) is 92.9 cm³/mol. The average molecular weight is 334 g/mol. The Labute approximate surface area is 144 Å². The summed E-state index contributed by atoms with van der Waals surface area (Å²) in [6.07, 6.45) is 4.41. The molecule has 6 heteroatoms. The van der Waals surface area contributed by atoms with Gasteiger partial charge in [0.15, 0.2) is 11.5 Å². The van der Waals surface area contributed by atoms with Crippen molar-refractivity contribution in [2.24, 2.45) is 0 Å². The zero-order chi connectivity index (χ0) is 16.9. The average Bonchev–Trinajstić information content (AvgIpc) is 3.25. The molecular formula is C18H30N4O2. The lowest BCUT2D eigenvalue weighted by Crippen LogP contribution is -2.45. The number of rotatable bonds is 6. The highest BCUT2D eigenvalue weighted by atomic mass is 16.5. The SMILES string of the molecule is CCC[C@@H]1CCCN1C(=O)c1cc(CN2CCN(CC)CC2)on1. The lowest BCUT2D eigenvalue weighted by atomic mass is 10.1. The van der Waals surface area contributed by atoms with Gasteiger partial charge in [-0.25, -0.2) is 0 Å². The molecule has 0 N–H and O–H groups in total. The van der Waals surface area contributed by atoms with Crippen LogP contribution in [0.5, 0.6) is 0 Å². The van der Waals surface area contributed by atoms with Crippen molar-refractivity contribution < 1.29 is 9.32 Å². The third-order valence-electron chi connectivity index (χ3n) is 5.33. The first-order chi connectivity index (χ1) is 11.7. The highest BCUT2D eigenvalue weighted by Crippen LogP contribution is 2.23. The van der Waals surface area contributed by atoms with Gasteiger partial charge in [-0.2, -0.15) is 0 Å². The minimum atomic E-state index is 0.0387. The molecule has 0 unspecified atom stereocenters. The van der Waals surface area contributed by atoms with Gasteiger partial charge >= 0.3 is 0 Å². The van der Waals surface area contributed by atoms with Crippen LogP contribution in [0.25, 0.3) is 0 Å². The number of likely N-dealkylation sites (tertiary alicyclic amines) is 1. The summed E-state index contributed by atoms with van der Waals surface area (Å²) in [5.41, 5.74) is 0.472. The molecule has 1 aromatic rings. The maximum Gasteiger partial charge on any atom is 0.276 e. The number of aromatic nitrogens is 1. The molecule has 0 aliphatic carbocycles. The van der Waals surface area contributed by atoms with Gasteiger partial charge in [0.1, 0.15) is 0 Å². The van der Waals surface area contributed by atoms with Crippen molar-refractivity contribution in [2.45, 2.75) is 52.1 Å². The van der Waals surface area contributed by atoms with E-state index in [2.05, 4.69) is 28.8 Å². The molecule has 1 amide bonds. The van der Waals surface area contributed by atoms with Crippen LogP contribution < -0.4 is 0 Å². The molecular weight excluding hydrogens is 304 g/mol. The van der Waals surface area contributed by atoms with Crippen molar-refractivity contribution in [1.29, 1.82) is 0 Å². The van der Waals surface area contributed by atoms with Crippen LogP contribution in [0.3, 0.4) is 0 Å². The standard InChI is InChI=1S/C18H30N4O2/c1-3-6-15-7-5-8-22(15)18(23)17-13-16(24-19-17)14-21-11-9-20(4-2)10-12-21/h13,15H,3-12,14H2,1-2H3/t15-/m1/s1. The number of carbonyl (C=O) groups excluding carboxylic acids is 1. The van der Waals surface area contributed by atoms with Gasteiger partial charge in [-0.1, -0.05) is 25.4 Å². The zero-order valence-corrected chi connectivity index (χ0v) is 15.0. The number of piperazine rings is 1. The summed E-state index contributed by atoms with van der Waals surface area (Å²) in [6, 6.07) is 2.22. The molecule has 2 saturated heterocycles. The maximum absolute atomic E-state index is 12.7. The van der Waals surface area contributed by atoms with Gasteiger partial charge in [0.2, 0.25) is 0 Å². The van der Waals surface area contributed by atoms with Gasteiger partial charge in [0.05, 0.1) is 6.54 Å². The van der Waals surface area contributed by atoms with E-state index in [1.54, 1.807) is 0 Å². The second-order valence-electron chi connectivity index (χ2n) is 6.97. The minimum absolute atomic E-state index is 0.0387. The van der Waals surface area contributed by atoms with E-state index in [1.165, 1.54) is 0 Å². The molecule has 6 nitrogen and oxygen atoms in total. The lowest BCUT2D eigenvalue weighted by Gasteiger charge is -2.33. The second-order valence-corrected chi connectivity index (χ2v) is 6.97. The normalized spacial score (nSPS) is 23.1. The summed E-state index contributed by atoms with van der Waals surface area (Å²) < 4.78 is 5.44. The molecule has 1 atom stereocenters. The van der Waals surface area contributed by atoms with E-state index >= 15 is 0 Å². The van der Waals surface area contributed by atoms with E-state index in [0.717, 1.165) is 77.3 Å². The molecule has 3 heterocycles. The van der Waals surface area contributed by atoms with Crippen LogP contribution in [0.2, 0.25) is 0 Å². The van der Waals surface area contributed by atoms with Crippen LogP contribution in [0.4, 0.5) is 0 Å². The minimum Gasteiger partial charge on any atom is -0.359 e. The molecule has 2 aliphatic heterocycles. The first kappa shape index (κ1) is 17.4. The quantitative estimate of drug-likeness (QED) is 0.798. The lowest BCUT2D eigenvalue weighted by molar-refractivity contribution is 0.0719. The Morgan fingerprint density at radius 2 is 1.96 bits per heavy atom. The largest absolute Gasteiger partial charge is 0.359 e. The van der Waals surface area contributed by atoms with E-state index < -0.39 is 0 Å². The fourth-order valence-electron chi connectivity index (χ4n) is 3.86. The first-order valence-electron chi connectivity index (χ1n) is 9.42. The van der Waals surface area contributed by atoms with E-state index in [0.29, 0.717) is 11.7 Å². The number of amides is 1. The summed E-state index contributed by atoms with van der Waals surface area (Å²) in [7, 11) is 0. The predicted octanol–water partition coefficient (Wildman–Crippen LogP) is 2.22. The number of nitrogens with zero attached hydrogens (tertiary/aromatic N) is 4. The fraction of sp³-hybridized carbons (Fsp3) is 0.778. The Bertz CT molecular complexity index is 537. The van der Waals surface area contributed by atoms with Gasteiger partial charge in [-0.15, -0.1) is 0 Å². The van der Waals surface area contributed by atoms with Crippen molar-refractivity contribution in [3.63, 3.8) is 0 Å². The molecule has 2 aliphatic rings. The van der Waals surface area contributed by atoms with Crippen LogP contribution >= 0.6 is 0 Å². The molecule has 24 heavy (non-hydrogen) atoms. The van der Waals surface area contributed by atoms with Crippen molar-refractivity contribution in [1.82, 2.24) is 19.9 Å². The van der Waals surface area contributed by atoms with Crippen molar-refractivity contribution in [2.75, 3.05) is 39.3 Å². The molecule has 1 aromatic heterocycles. The fourth-order valence-corrected chi connectivity index (χ4v) is 3.86. The molecule has 0 aromatic carbocycles. The third kappa shape index (κ3) is 3.98. The molecule has 134 valence electrons. The van der Waals surface area contributed by atoms with E-state index in [9.17, 15) is 4.79 Å². The molecule has 0 radical (unpaired) electrons. The summed E-state index contributed by atoms with van der Waals surface area (Å²) in [5.74, 6) is 0.839. The smallest absolute Gasteiger partial charge is 0.276 e. The van der Waals surface area contributed by atoms with Crippen LogP contribution in [-0.2, 0) is 6.54 Å². The van der Waals surface area contributed by atoms with E-state index in [1.807, 2.05) is 11.0 Å². The van der Waals surface area contributed by atoms with Gasteiger partial charge in [0, 0.05) is 44.8 Å². The summed E-state index contributed by atoms with van der Waals surface area (Å²) in [4.78, 5) is 19.5. The zero-order valence-electron chi connectivity index (χ0n) is 15.0. The Balaban J connectivity index is 1.56. The maximum atomic E-state index is 12.7. The van der Waals surface area contributed by atoms with Gasteiger partial charge in [-0.3, -0.25) is 9.69 Å². The molecule has 3 rings (SSSR count). The number of likely N-dealkylation sites (N-methyl/N-ethyl adjacent to an activating group) is 1. The van der Waals surface area contributed by atoms with E-state index in [4.69, 9.17) is 4.52 Å². The van der Waals surface area contributed by atoms with Crippen LogP contribution in [0.1, 0.15) is 55.8 Å². The van der Waals surface area contributed by atoms with Crippen molar-refractivity contribution in [3.05, 3.63) is 17.5 Å². The van der Waals surface area contributed by atoms with Gasteiger partial charge in [0.25, 0.3) is 5.91 Å². The summed E-state index contributed by atoms with van der Waals surface area (Å²) >= 11 is 0. The summed E-state index contributed by atoms with van der Waals surface area (Å²) in [5, 5.41) is 4.05. The number of hydrogen-bond donors (Lipinski definition) is 0. The molecule has 0 bridgehead atoms. The van der Waals surface area contributed by atoms with Gasteiger partial charge in [-0.05, 0) is 25.8 Å². The number of hydrogen-bond acceptors (Lipinski definition) is 5. The summed E-state index contributed by atoms with van der Waals surface area (Å²) in [6.45, 7) is 11.4. The molecule has 0 saturated carbocycles. The Hall–Kier alpha value is -1.40. The Morgan fingerprint density at radius 3 is 2.67 bits per heavy atom. The van der Waals surface area contributed by atoms with Crippen LogP contribution in [-0.4, -0.2) is 71.1 Å². The third-order valence-corrected chi connectivity index (χ3v) is 5.33. The molecule has 0 spiro atoms. The molecule has 2 fully saturated rings. The van der Waals surface area contributed by atoms with Crippen molar-refractivity contribution >= 4 is 5.91 Å². The van der Waals surface area contributed by atoms with Crippen molar-refractivity contribution in [3.8, 4) is 0 Å². The first-order valence-corrected chi connectivity index (χ1v) is 9.42. The number of carbonyl (C=O) groups is 1. The monoisotopic (exact) mass is 334 g/mol. The second kappa shape index (κ2) is 8.12. The highest BCUT2D eigenvalue weighted by Gasteiger charge is 2.30. The highest BCUT2D eigenvalue weighted by molar-refractivity contribution is 5.92. The van der Waals surface area contributed by atoms with Gasteiger partial charge < -0.3 is 14.3 Å².